The second-order valence-corrected chi connectivity index (χ2v) is 2.07. The number of methoxy groups -OCH3 is 1. The maximum Gasteiger partial charge on any atom is 0.166 e. The van der Waals surface area contributed by atoms with Gasteiger partial charge in [-0.25, -0.2) is 0 Å². The number of para-hydroxylation sites is 1. The molecule has 5 N–H and O–H groups in total. The highest BCUT2D eigenvalue weighted by Crippen LogP contribution is 2.29. The van der Waals surface area contributed by atoms with Gasteiger partial charge in [-0.1, -0.05) is 6.07 Å². The van der Waals surface area contributed by atoms with E-state index in [1.807, 2.05) is 0 Å². The predicted octanol–water partition coefficient (Wildman–Crippen LogP) is 0.563. The van der Waals surface area contributed by atoms with Gasteiger partial charge in [0.2, 0.25) is 0 Å². The molecule has 4 heteroatoms. The Morgan fingerprint density at radius 1 is 1.45 bits per heavy atom. The van der Waals surface area contributed by atoms with Crippen LogP contribution < -0.4 is 21.7 Å². The third kappa shape index (κ3) is 1.35. The molecule has 11 heavy (non-hydrogen) atoms. The molecule has 0 fully saturated rings. The number of benzene rings is 1. The van der Waals surface area contributed by atoms with Crippen LogP contribution in [0.3, 0.4) is 0 Å². The van der Waals surface area contributed by atoms with Crippen LogP contribution in [0.1, 0.15) is 0 Å². The Morgan fingerprint density at radius 3 is 2.64 bits per heavy atom. The molecule has 0 aliphatic heterocycles. The lowest BCUT2D eigenvalue weighted by atomic mass is 10.2. The summed E-state index contributed by atoms with van der Waals surface area (Å²) >= 11 is 0. The van der Waals surface area contributed by atoms with Crippen LogP contribution in [-0.2, 0) is 0 Å². The van der Waals surface area contributed by atoms with Crippen molar-refractivity contribution in [3.63, 3.8) is 0 Å². The Hall–Kier alpha value is -1.42. The largest absolute Gasteiger partial charge is 0.492 e. The molecule has 4 nitrogen and oxygen atoms in total. The zero-order chi connectivity index (χ0) is 8.27. The Morgan fingerprint density at radius 2 is 2.18 bits per heavy atom. The van der Waals surface area contributed by atoms with E-state index in [0.29, 0.717) is 17.1 Å². The third-order valence-electron chi connectivity index (χ3n) is 1.41. The van der Waals surface area contributed by atoms with Gasteiger partial charge in [-0.2, -0.15) is 0 Å². The summed E-state index contributed by atoms with van der Waals surface area (Å²) in [6, 6.07) is 5.34. The molecule has 0 aliphatic rings. The molecule has 0 aromatic heterocycles. The van der Waals surface area contributed by atoms with E-state index in [1.165, 1.54) is 0 Å². The van der Waals surface area contributed by atoms with Gasteiger partial charge in [0.1, 0.15) is 0 Å². The fourth-order valence-electron chi connectivity index (χ4n) is 0.896. The quantitative estimate of drug-likeness (QED) is 0.330. The maximum absolute atomic E-state index is 5.59. The van der Waals surface area contributed by atoms with Crippen molar-refractivity contribution in [3.05, 3.63) is 18.2 Å². The van der Waals surface area contributed by atoms with Crippen molar-refractivity contribution in [2.75, 3.05) is 18.3 Å². The van der Waals surface area contributed by atoms with Gasteiger partial charge in [0.15, 0.2) is 5.75 Å². The summed E-state index contributed by atoms with van der Waals surface area (Å²) in [4.78, 5) is 0. The van der Waals surface area contributed by atoms with Crippen LogP contribution in [0.15, 0.2) is 18.2 Å². The Balaban J connectivity index is 3.13. The first kappa shape index (κ1) is 7.68. The van der Waals surface area contributed by atoms with Gasteiger partial charge in [-0.3, -0.25) is 5.84 Å². The number of hydrogen-bond acceptors (Lipinski definition) is 4. The molecule has 0 amide bonds. The van der Waals surface area contributed by atoms with Crippen molar-refractivity contribution in [3.8, 4) is 5.75 Å². The number of anilines is 2. The number of nitrogens with one attached hydrogen (secondary N) is 1. The van der Waals surface area contributed by atoms with Gasteiger partial charge in [0.05, 0.1) is 18.5 Å². The van der Waals surface area contributed by atoms with E-state index in [-0.39, 0.29) is 0 Å². The number of hydrogen-bond donors (Lipinski definition) is 3. The van der Waals surface area contributed by atoms with Crippen molar-refractivity contribution in [2.24, 2.45) is 5.84 Å². The van der Waals surface area contributed by atoms with Gasteiger partial charge in [-0.05, 0) is 12.1 Å². The predicted molar refractivity (Wildman–Crippen MR) is 45.2 cm³/mol. The minimum Gasteiger partial charge on any atom is -0.492 e. The summed E-state index contributed by atoms with van der Waals surface area (Å²) in [7, 11) is 1.55. The molecule has 0 aliphatic carbocycles. The van der Waals surface area contributed by atoms with Crippen LogP contribution in [0.4, 0.5) is 11.4 Å². The molecule has 1 rings (SSSR count). The normalized spacial score (nSPS) is 9.27. The standard InChI is InChI=1S/C7H11N3O/c1-11-7-5(8)3-2-4-6(7)10-9/h2-4,10H,8-9H2,1H3. The van der Waals surface area contributed by atoms with E-state index in [9.17, 15) is 0 Å². The van der Waals surface area contributed by atoms with E-state index in [4.69, 9.17) is 16.3 Å². The second-order valence-electron chi connectivity index (χ2n) is 2.07. The molecule has 1 aromatic carbocycles. The molecule has 0 radical (unpaired) electrons. The van der Waals surface area contributed by atoms with Gasteiger partial charge < -0.3 is 15.9 Å². The molecule has 0 bridgehead atoms. The first-order valence-electron chi connectivity index (χ1n) is 3.18. The summed E-state index contributed by atoms with van der Waals surface area (Å²) in [6.07, 6.45) is 0. The Kier molecular flexibility index (Phi) is 2.18. The first-order chi connectivity index (χ1) is 5.29. The van der Waals surface area contributed by atoms with E-state index in [1.54, 1.807) is 25.3 Å². The third-order valence-corrected chi connectivity index (χ3v) is 1.41. The van der Waals surface area contributed by atoms with E-state index < -0.39 is 0 Å². The Labute approximate surface area is 65.1 Å². The van der Waals surface area contributed by atoms with Crippen LogP contribution in [-0.4, -0.2) is 7.11 Å². The zero-order valence-electron chi connectivity index (χ0n) is 6.29. The Bertz CT molecular complexity index is 249. The summed E-state index contributed by atoms with van der Waals surface area (Å²) < 4.78 is 5.00. The molecule has 0 atom stereocenters. The van der Waals surface area contributed by atoms with Crippen molar-refractivity contribution in [2.45, 2.75) is 0 Å². The van der Waals surface area contributed by atoms with Crippen molar-refractivity contribution in [1.82, 2.24) is 0 Å². The van der Waals surface area contributed by atoms with Crippen LogP contribution >= 0.6 is 0 Å². The highest BCUT2D eigenvalue weighted by molar-refractivity contribution is 5.68. The average molecular weight is 153 g/mol. The fourth-order valence-corrected chi connectivity index (χ4v) is 0.896. The van der Waals surface area contributed by atoms with E-state index in [0.717, 1.165) is 0 Å². The molecule has 0 saturated carbocycles. The van der Waals surface area contributed by atoms with Gasteiger partial charge in [-0.15, -0.1) is 0 Å². The number of rotatable bonds is 2. The van der Waals surface area contributed by atoms with Crippen molar-refractivity contribution in [1.29, 1.82) is 0 Å². The van der Waals surface area contributed by atoms with Crippen LogP contribution in [0, 0.1) is 0 Å². The lowest BCUT2D eigenvalue weighted by Crippen LogP contribution is -2.08. The van der Waals surface area contributed by atoms with E-state index >= 15 is 0 Å². The summed E-state index contributed by atoms with van der Waals surface area (Å²) in [5.41, 5.74) is 9.33. The smallest absolute Gasteiger partial charge is 0.166 e. The van der Waals surface area contributed by atoms with Crippen molar-refractivity contribution >= 4 is 11.4 Å². The molecule has 1 aromatic rings. The minimum absolute atomic E-state index is 0.572. The zero-order valence-corrected chi connectivity index (χ0v) is 6.29. The van der Waals surface area contributed by atoms with Gasteiger partial charge in [0, 0.05) is 0 Å². The highest BCUT2D eigenvalue weighted by Gasteiger charge is 2.02. The molecular formula is C7H11N3O. The summed E-state index contributed by atoms with van der Waals surface area (Å²) in [5.74, 6) is 5.79. The SMILES string of the molecule is COc1c(N)cccc1NN. The van der Waals surface area contributed by atoms with Crippen LogP contribution in [0.2, 0.25) is 0 Å². The highest BCUT2D eigenvalue weighted by atomic mass is 16.5. The maximum atomic E-state index is 5.59. The van der Waals surface area contributed by atoms with Crippen LogP contribution in [0.5, 0.6) is 5.75 Å². The number of nitrogens with two attached hydrogens (primary N) is 2. The molecule has 0 unspecified atom stereocenters. The van der Waals surface area contributed by atoms with Gasteiger partial charge in [0.25, 0.3) is 0 Å². The summed E-state index contributed by atoms with van der Waals surface area (Å²) in [5, 5.41) is 0. The first-order valence-corrected chi connectivity index (χ1v) is 3.18. The van der Waals surface area contributed by atoms with E-state index in [2.05, 4.69) is 5.43 Å². The lowest BCUT2D eigenvalue weighted by Gasteiger charge is -2.08. The molecule has 60 valence electrons. The molecular weight excluding hydrogens is 142 g/mol. The minimum atomic E-state index is 0.572. The number of hydrazine groups is 1. The number of nitrogen functional groups attached to an aromatic ring is 2. The van der Waals surface area contributed by atoms with Gasteiger partial charge >= 0.3 is 0 Å². The average Bonchev–Trinajstić information content (AvgIpc) is 2.04. The number of ether oxygens (including phenoxy) is 1. The molecule has 0 spiro atoms. The molecule has 0 saturated heterocycles. The topological polar surface area (TPSA) is 73.3 Å². The lowest BCUT2D eigenvalue weighted by molar-refractivity contribution is 0.418. The van der Waals surface area contributed by atoms with Crippen molar-refractivity contribution < 1.29 is 4.74 Å². The molecule has 0 heterocycles. The monoisotopic (exact) mass is 153 g/mol. The summed E-state index contributed by atoms with van der Waals surface area (Å²) in [6.45, 7) is 0. The second kappa shape index (κ2) is 3.12. The fraction of sp³-hybridized carbons (Fsp3) is 0.143. The van der Waals surface area contributed by atoms with Crippen LogP contribution in [0.25, 0.3) is 0 Å².